The van der Waals surface area contributed by atoms with Gasteiger partial charge in [-0.3, -0.25) is 4.90 Å². The van der Waals surface area contributed by atoms with Crippen LogP contribution < -0.4 is 5.32 Å². The van der Waals surface area contributed by atoms with E-state index in [-0.39, 0.29) is 0 Å². The van der Waals surface area contributed by atoms with E-state index in [1.54, 1.807) is 0 Å². The minimum Gasteiger partial charge on any atom is -0.465 e. The van der Waals surface area contributed by atoms with Gasteiger partial charge in [-0.15, -0.1) is 0 Å². The highest BCUT2D eigenvalue weighted by molar-refractivity contribution is 5.21. The molecular weight excluding hydrogens is 262 g/mol. The van der Waals surface area contributed by atoms with E-state index in [2.05, 4.69) is 55.9 Å². The molecule has 2 rings (SSSR count). The van der Waals surface area contributed by atoms with Gasteiger partial charge < -0.3 is 14.6 Å². The van der Waals surface area contributed by atoms with E-state index in [0.29, 0.717) is 12.0 Å². The van der Waals surface area contributed by atoms with Crippen LogP contribution in [0.15, 0.2) is 10.5 Å². The van der Waals surface area contributed by atoms with Crippen molar-refractivity contribution in [3.8, 4) is 0 Å². The second kappa shape index (κ2) is 7.43. The summed E-state index contributed by atoms with van der Waals surface area (Å²) in [5.41, 5.74) is 1.34. The highest BCUT2D eigenvalue weighted by Crippen LogP contribution is 2.19. The Labute approximate surface area is 129 Å². The highest BCUT2D eigenvalue weighted by Gasteiger charge is 2.22. The molecule has 1 atom stereocenters. The quantitative estimate of drug-likeness (QED) is 0.873. The van der Waals surface area contributed by atoms with Crippen molar-refractivity contribution in [2.45, 2.75) is 46.8 Å². The van der Waals surface area contributed by atoms with E-state index in [4.69, 9.17) is 4.42 Å². The Morgan fingerprint density at radius 1 is 1.38 bits per heavy atom. The normalized spacial score (nSPS) is 21.3. The summed E-state index contributed by atoms with van der Waals surface area (Å²) in [4.78, 5) is 4.97. The molecule has 21 heavy (non-hydrogen) atoms. The van der Waals surface area contributed by atoms with Crippen molar-refractivity contribution in [2.75, 3.05) is 33.2 Å². The minimum absolute atomic E-state index is 0.612. The van der Waals surface area contributed by atoms with E-state index in [1.165, 1.54) is 5.56 Å². The molecule has 0 aliphatic carbocycles. The van der Waals surface area contributed by atoms with Gasteiger partial charge in [0, 0.05) is 37.8 Å². The van der Waals surface area contributed by atoms with Crippen LogP contribution in [-0.2, 0) is 13.1 Å². The van der Waals surface area contributed by atoms with Gasteiger partial charge in [-0.2, -0.15) is 0 Å². The lowest BCUT2D eigenvalue weighted by molar-refractivity contribution is 0.0934. The van der Waals surface area contributed by atoms with E-state index in [1.807, 2.05) is 0 Å². The maximum absolute atomic E-state index is 5.89. The number of furan rings is 1. The Hall–Kier alpha value is -0.840. The zero-order chi connectivity index (χ0) is 15.4. The summed E-state index contributed by atoms with van der Waals surface area (Å²) in [5, 5.41) is 3.45. The van der Waals surface area contributed by atoms with Crippen LogP contribution in [0.4, 0.5) is 0 Å². The van der Waals surface area contributed by atoms with Crippen LogP contribution in [0.1, 0.15) is 37.9 Å². The van der Waals surface area contributed by atoms with Gasteiger partial charge in [0.05, 0.1) is 6.54 Å². The molecule has 0 spiro atoms. The molecule has 2 heterocycles. The molecule has 0 aromatic carbocycles. The van der Waals surface area contributed by atoms with E-state index in [0.717, 1.165) is 50.8 Å². The van der Waals surface area contributed by atoms with Gasteiger partial charge in [0.15, 0.2) is 0 Å². The molecule has 4 nitrogen and oxygen atoms in total. The van der Waals surface area contributed by atoms with Crippen molar-refractivity contribution in [2.24, 2.45) is 5.92 Å². The fraction of sp³-hybridized carbons (Fsp3) is 0.765. The summed E-state index contributed by atoms with van der Waals surface area (Å²) in [5.74, 6) is 2.80. The second-order valence-corrected chi connectivity index (χ2v) is 6.90. The van der Waals surface area contributed by atoms with Crippen molar-refractivity contribution < 1.29 is 4.42 Å². The molecule has 1 aromatic heterocycles. The molecule has 1 aliphatic rings. The topological polar surface area (TPSA) is 31.7 Å². The highest BCUT2D eigenvalue weighted by atomic mass is 16.3. The number of likely N-dealkylation sites (N-methyl/N-ethyl adjacent to an activating group) is 1. The first-order valence-corrected chi connectivity index (χ1v) is 8.17. The molecule has 0 amide bonds. The summed E-state index contributed by atoms with van der Waals surface area (Å²) in [6.45, 7) is 15.2. The number of aryl methyl sites for hydroxylation is 1. The van der Waals surface area contributed by atoms with Crippen LogP contribution in [0.25, 0.3) is 0 Å². The van der Waals surface area contributed by atoms with Gasteiger partial charge in [0.2, 0.25) is 0 Å². The average Bonchev–Trinajstić information content (AvgIpc) is 2.73. The van der Waals surface area contributed by atoms with Crippen molar-refractivity contribution in [1.29, 1.82) is 0 Å². The van der Waals surface area contributed by atoms with Gasteiger partial charge in [-0.25, -0.2) is 0 Å². The van der Waals surface area contributed by atoms with Crippen LogP contribution in [-0.4, -0.2) is 49.1 Å². The summed E-state index contributed by atoms with van der Waals surface area (Å²) in [6, 6.07) is 2.84. The lowest BCUT2D eigenvalue weighted by Gasteiger charge is -2.38. The van der Waals surface area contributed by atoms with E-state index < -0.39 is 0 Å². The van der Waals surface area contributed by atoms with Gasteiger partial charge in [0.25, 0.3) is 0 Å². The number of piperazine rings is 1. The van der Waals surface area contributed by atoms with Crippen LogP contribution in [0.5, 0.6) is 0 Å². The summed E-state index contributed by atoms with van der Waals surface area (Å²) < 4.78 is 5.89. The third-order valence-corrected chi connectivity index (χ3v) is 4.27. The van der Waals surface area contributed by atoms with Crippen LogP contribution >= 0.6 is 0 Å². The van der Waals surface area contributed by atoms with Crippen LogP contribution in [0.2, 0.25) is 0 Å². The third-order valence-electron chi connectivity index (χ3n) is 4.27. The van der Waals surface area contributed by atoms with Crippen molar-refractivity contribution in [3.05, 3.63) is 23.2 Å². The van der Waals surface area contributed by atoms with Gasteiger partial charge in [-0.1, -0.05) is 13.8 Å². The Morgan fingerprint density at radius 2 is 2.14 bits per heavy atom. The number of nitrogens with one attached hydrogen (secondary N) is 1. The number of hydrogen-bond donors (Lipinski definition) is 1. The second-order valence-electron chi connectivity index (χ2n) is 6.90. The van der Waals surface area contributed by atoms with Crippen molar-refractivity contribution in [1.82, 2.24) is 15.1 Å². The molecule has 4 heteroatoms. The first-order chi connectivity index (χ1) is 9.95. The molecule has 1 aliphatic heterocycles. The maximum Gasteiger partial charge on any atom is 0.118 e. The molecule has 0 radical (unpaired) electrons. The molecule has 1 unspecified atom stereocenters. The lowest BCUT2D eigenvalue weighted by atomic mass is 10.1. The SMILES string of the molecule is Cc1oc(CNCC(C)C)cc1CN1CCN(C)CC1C. The molecule has 120 valence electrons. The van der Waals surface area contributed by atoms with E-state index >= 15 is 0 Å². The standard InChI is InChI=1S/C17H31N3O/c1-13(2)9-18-10-17-8-16(15(4)21-17)12-20-7-6-19(5)11-14(20)3/h8,13-14,18H,6-7,9-12H2,1-5H3. The fourth-order valence-electron chi connectivity index (χ4n) is 2.95. The Kier molecular flexibility index (Phi) is 5.85. The smallest absolute Gasteiger partial charge is 0.118 e. The zero-order valence-electron chi connectivity index (χ0n) is 14.3. The van der Waals surface area contributed by atoms with Crippen molar-refractivity contribution >= 4 is 0 Å². The van der Waals surface area contributed by atoms with Gasteiger partial charge in [-0.05, 0) is 39.4 Å². The zero-order valence-corrected chi connectivity index (χ0v) is 14.3. The van der Waals surface area contributed by atoms with Crippen LogP contribution in [0, 0.1) is 12.8 Å². The van der Waals surface area contributed by atoms with Gasteiger partial charge in [0.1, 0.15) is 11.5 Å². The van der Waals surface area contributed by atoms with Crippen molar-refractivity contribution in [3.63, 3.8) is 0 Å². The first-order valence-electron chi connectivity index (χ1n) is 8.17. The molecular formula is C17H31N3O. The monoisotopic (exact) mass is 293 g/mol. The Morgan fingerprint density at radius 3 is 2.81 bits per heavy atom. The number of nitrogens with zero attached hydrogens (tertiary/aromatic N) is 2. The molecule has 0 bridgehead atoms. The summed E-state index contributed by atoms with van der Waals surface area (Å²) >= 11 is 0. The molecule has 1 saturated heterocycles. The summed E-state index contributed by atoms with van der Waals surface area (Å²) in [7, 11) is 2.20. The first kappa shape index (κ1) is 16.5. The largest absolute Gasteiger partial charge is 0.465 e. The lowest BCUT2D eigenvalue weighted by Crippen LogP contribution is -2.49. The van der Waals surface area contributed by atoms with Crippen LogP contribution in [0.3, 0.4) is 0 Å². The third kappa shape index (κ3) is 4.83. The Balaban J connectivity index is 1.90. The molecule has 1 fully saturated rings. The summed E-state index contributed by atoms with van der Waals surface area (Å²) in [6.07, 6.45) is 0. The molecule has 1 N–H and O–H groups in total. The predicted molar refractivity (Wildman–Crippen MR) is 87.4 cm³/mol. The van der Waals surface area contributed by atoms with E-state index in [9.17, 15) is 0 Å². The minimum atomic E-state index is 0.612. The molecule has 0 saturated carbocycles. The van der Waals surface area contributed by atoms with Gasteiger partial charge >= 0.3 is 0 Å². The molecule has 1 aromatic rings. The fourth-order valence-corrected chi connectivity index (χ4v) is 2.95. The average molecular weight is 293 g/mol. The predicted octanol–water partition coefficient (Wildman–Crippen LogP) is 2.47. The Bertz CT molecular complexity index is 441. The number of hydrogen-bond acceptors (Lipinski definition) is 4. The number of rotatable bonds is 6. The maximum atomic E-state index is 5.89.